The lowest BCUT2D eigenvalue weighted by molar-refractivity contribution is -0.153. The van der Waals surface area contributed by atoms with E-state index in [1.807, 2.05) is 30.3 Å². The van der Waals surface area contributed by atoms with Crippen LogP contribution in [0.2, 0.25) is 0 Å². The van der Waals surface area contributed by atoms with Crippen molar-refractivity contribution >= 4 is 22.8 Å². The molecule has 7 nitrogen and oxygen atoms in total. The highest BCUT2D eigenvalue weighted by Gasteiger charge is 2.24. The van der Waals surface area contributed by atoms with E-state index in [2.05, 4.69) is 5.32 Å². The summed E-state index contributed by atoms with van der Waals surface area (Å²) in [6, 6.07) is 14.2. The van der Waals surface area contributed by atoms with Crippen molar-refractivity contribution < 1.29 is 23.8 Å². The molecule has 2 N–H and O–H groups in total. The highest BCUT2D eigenvalue weighted by Crippen LogP contribution is 2.33. The predicted molar refractivity (Wildman–Crippen MR) is 108 cm³/mol. The van der Waals surface area contributed by atoms with Gasteiger partial charge in [-0.2, -0.15) is 0 Å². The van der Waals surface area contributed by atoms with Crippen LogP contribution in [0.4, 0.5) is 0 Å². The van der Waals surface area contributed by atoms with Crippen LogP contribution in [0.5, 0.6) is 5.75 Å². The van der Waals surface area contributed by atoms with Gasteiger partial charge in [0, 0.05) is 5.56 Å². The molecule has 0 unspecified atom stereocenters. The van der Waals surface area contributed by atoms with Crippen LogP contribution < -0.4 is 10.9 Å². The van der Waals surface area contributed by atoms with Gasteiger partial charge in [-0.15, -0.1) is 0 Å². The summed E-state index contributed by atoms with van der Waals surface area (Å²) >= 11 is 0. The average molecular weight is 395 g/mol. The Balaban J connectivity index is 1.95. The number of benzene rings is 2. The topological polar surface area (TPSA) is 106 Å². The number of aromatic hydroxyl groups is 1. The Bertz CT molecular complexity index is 1130. The fourth-order valence-corrected chi connectivity index (χ4v) is 2.87. The van der Waals surface area contributed by atoms with Crippen LogP contribution in [0.3, 0.4) is 0 Å². The molecule has 7 heteroatoms. The molecule has 3 aromatic rings. The van der Waals surface area contributed by atoms with Crippen LogP contribution in [-0.4, -0.2) is 29.1 Å². The van der Waals surface area contributed by atoms with Crippen molar-refractivity contribution in [1.82, 2.24) is 5.32 Å². The van der Waals surface area contributed by atoms with Gasteiger partial charge in [-0.1, -0.05) is 42.5 Å². The second kappa shape index (κ2) is 7.79. The van der Waals surface area contributed by atoms with E-state index < -0.39 is 41.0 Å². The number of ether oxygens (including phenoxy) is 1. The zero-order valence-corrected chi connectivity index (χ0v) is 16.3. The lowest BCUT2D eigenvalue weighted by atomic mass is 10.0. The minimum absolute atomic E-state index is 0.171. The number of esters is 1. The SMILES string of the molecule is CC(C)(C)OC(=O)CNC(=O)c1c(O)c2cccc(-c3ccccc3)c2oc1=O. The van der Waals surface area contributed by atoms with E-state index in [1.54, 1.807) is 39.0 Å². The third-order valence-corrected chi connectivity index (χ3v) is 4.03. The molecule has 0 atom stereocenters. The quantitative estimate of drug-likeness (QED) is 0.519. The molecule has 1 heterocycles. The number of para-hydroxylation sites is 1. The maximum Gasteiger partial charge on any atom is 0.353 e. The first-order valence-electron chi connectivity index (χ1n) is 9.01. The summed E-state index contributed by atoms with van der Waals surface area (Å²) in [5.41, 5.74) is -0.699. The first kappa shape index (κ1) is 20.1. The standard InChI is InChI=1S/C22H21NO6/c1-22(2,3)29-16(24)12-23-20(26)17-18(25)15-11-7-10-14(19(15)28-21(17)27)13-8-5-4-6-9-13/h4-11,25H,12H2,1-3H3,(H,23,26). The van der Waals surface area contributed by atoms with Gasteiger partial charge in [0.2, 0.25) is 0 Å². The molecule has 0 aliphatic rings. The summed E-state index contributed by atoms with van der Waals surface area (Å²) in [7, 11) is 0. The Labute approximate surface area is 166 Å². The largest absolute Gasteiger partial charge is 0.506 e. The summed E-state index contributed by atoms with van der Waals surface area (Å²) in [5.74, 6) is -2.09. The summed E-state index contributed by atoms with van der Waals surface area (Å²) < 4.78 is 10.5. The number of amides is 1. The molecule has 29 heavy (non-hydrogen) atoms. The number of carbonyl (C=O) groups excluding carboxylic acids is 2. The average Bonchev–Trinajstić information content (AvgIpc) is 2.65. The summed E-state index contributed by atoms with van der Waals surface area (Å²) in [4.78, 5) is 36.6. The van der Waals surface area contributed by atoms with Crippen LogP contribution in [0.15, 0.2) is 57.7 Å². The molecule has 0 spiro atoms. The fraction of sp³-hybridized carbons (Fsp3) is 0.227. The van der Waals surface area contributed by atoms with E-state index in [4.69, 9.17) is 9.15 Å². The van der Waals surface area contributed by atoms with Crippen molar-refractivity contribution in [3.05, 3.63) is 64.5 Å². The zero-order valence-electron chi connectivity index (χ0n) is 16.3. The molecule has 1 aromatic heterocycles. The Hall–Kier alpha value is -3.61. The first-order valence-corrected chi connectivity index (χ1v) is 9.01. The van der Waals surface area contributed by atoms with Crippen LogP contribution in [0, 0.1) is 0 Å². The first-order chi connectivity index (χ1) is 13.7. The van der Waals surface area contributed by atoms with Gasteiger partial charge in [-0.3, -0.25) is 9.59 Å². The monoisotopic (exact) mass is 395 g/mol. The molecule has 0 radical (unpaired) electrons. The van der Waals surface area contributed by atoms with Gasteiger partial charge in [-0.25, -0.2) is 4.79 Å². The van der Waals surface area contributed by atoms with Crippen molar-refractivity contribution in [2.75, 3.05) is 6.54 Å². The molecule has 3 rings (SSSR count). The minimum atomic E-state index is -1.000. The van der Waals surface area contributed by atoms with Crippen LogP contribution in [0.25, 0.3) is 22.1 Å². The zero-order chi connectivity index (χ0) is 21.2. The number of fused-ring (bicyclic) bond motifs is 1. The van der Waals surface area contributed by atoms with E-state index in [9.17, 15) is 19.5 Å². The van der Waals surface area contributed by atoms with Gasteiger partial charge in [-0.05, 0) is 32.4 Å². The summed E-state index contributed by atoms with van der Waals surface area (Å²) in [6.45, 7) is 4.64. The lowest BCUT2D eigenvalue weighted by Crippen LogP contribution is -2.36. The molecule has 150 valence electrons. The number of carbonyl (C=O) groups is 2. The molecule has 0 bridgehead atoms. The fourth-order valence-electron chi connectivity index (χ4n) is 2.87. The van der Waals surface area contributed by atoms with Crippen molar-refractivity contribution in [2.24, 2.45) is 0 Å². The highest BCUT2D eigenvalue weighted by atomic mass is 16.6. The van der Waals surface area contributed by atoms with Gasteiger partial charge in [0.1, 0.15) is 23.5 Å². The van der Waals surface area contributed by atoms with Gasteiger partial charge in [0.25, 0.3) is 5.91 Å². The van der Waals surface area contributed by atoms with Gasteiger partial charge in [0.15, 0.2) is 5.56 Å². The molecule has 0 fully saturated rings. The van der Waals surface area contributed by atoms with Crippen LogP contribution in [-0.2, 0) is 9.53 Å². The van der Waals surface area contributed by atoms with Crippen LogP contribution >= 0.6 is 0 Å². The van der Waals surface area contributed by atoms with Crippen molar-refractivity contribution in [2.45, 2.75) is 26.4 Å². The summed E-state index contributed by atoms with van der Waals surface area (Å²) in [5, 5.41) is 13.1. The predicted octanol–water partition coefficient (Wildman–Crippen LogP) is 3.24. The van der Waals surface area contributed by atoms with E-state index in [-0.39, 0.29) is 11.0 Å². The van der Waals surface area contributed by atoms with Crippen molar-refractivity contribution in [1.29, 1.82) is 0 Å². The molecule has 2 aromatic carbocycles. The molecule has 0 saturated heterocycles. The van der Waals surface area contributed by atoms with Gasteiger partial charge >= 0.3 is 11.6 Å². The Morgan fingerprint density at radius 2 is 1.76 bits per heavy atom. The molecular formula is C22H21NO6. The molecule has 1 amide bonds. The smallest absolute Gasteiger partial charge is 0.353 e. The van der Waals surface area contributed by atoms with E-state index in [1.165, 1.54) is 0 Å². The number of hydrogen-bond donors (Lipinski definition) is 2. The maximum absolute atomic E-state index is 12.4. The molecule has 0 aliphatic heterocycles. The van der Waals surface area contributed by atoms with E-state index in [0.717, 1.165) is 5.56 Å². The number of hydrogen-bond acceptors (Lipinski definition) is 6. The Morgan fingerprint density at radius 1 is 1.07 bits per heavy atom. The molecular weight excluding hydrogens is 374 g/mol. The number of nitrogens with one attached hydrogen (secondary N) is 1. The minimum Gasteiger partial charge on any atom is -0.506 e. The van der Waals surface area contributed by atoms with Crippen LogP contribution in [0.1, 0.15) is 31.1 Å². The van der Waals surface area contributed by atoms with Crippen molar-refractivity contribution in [3.8, 4) is 16.9 Å². The van der Waals surface area contributed by atoms with E-state index >= 15 is 0 Å². The second-order valence-corrected chi connectivity index (χ2v) is 7.43. The Kier molecular flexibility index (Phi) is 5.41. The summed E-state index contributed by atoms with van der Waals surface area (Å²) in [6.07, 6.45) is 0. The maximum atomic E-state index is 12.4. The normalized spacial score (nSPS) is 11.3. The molecule has 0 saturated carbocycles. The van der Waals surface area contributed by atoms with Gasteiger partial charge in [0.05, 0.1) is 5.39 Å². The molecule has 0 aliphatic carbocycles. The lowest BCUT2D eigenvalue weighted by Gasteiger charge is -2.19. The number of rotatable bonds is 4. The van der Waals surface area contributed by atoms with E-state index in [0.29, 0.717) is 5.56 Å². The second-order valence-electron chi connectivity index (χ2n) is 7.43. The third-order valence-electron chi connectivity index (χ3n) is 4.03. The third kappa shape index (κ3) is 4.45. The highest BCUT2D eigenvalue weighted by molar-refractivity contribution is 6.04. The van der Waals surface area contributed by atoms with Gasteiger partial charge < -0.3 is 19.6 Å². The Morgan fingerprint density at radius 3 is 2.41 bits per heavy atom. The van der Waals surface area contributed by atoms with Crippen molar-refractivity contribution in [3.63, 3.8) is 0 Å².